The van der Waals surface area contributed by atoms with Gasteiger partial charge in [-0.1, -0.05) is 30.3 Å². The van der Waals surface area contributed by atoms with Crippen LogP contribution in [0.4, 0.5) is 5.69 Å². The molecule has 186 valence electrons. The van der Waals surface area contributed by atoms with Gasteiger partial charge in [0.2, 0.25) is 6.79 Å². The number of ether oxygens (including phenoxy) is 3. The van der Waals surface area contributed by atoms with E-state index in [1.807, 2.05) is 12.1 Å². The van der Waals surface area contributed by atoms with E-state index in [-0.39, 0.29) is 23.8 Å². The zero-order valence-electron chi connectivity index (χ0n) is 19.3. The number of sulfonamides is 1. The largest absolute Gasteiger partial charge is 0.454 e. The van der Waals surface area contributed by atoms with Gasteiger partial charge in [-0.05, 0) is 60.4 Å². The van der Waals surface area contributed by atoms with E-state index in [2.05, 4.69) is 5.32 Å². The molecule has 0 bridgehead atoms. The number of anilines is 1. The molecule has 0 spiro atoms. The Bertz CT molecular complexity index is 1420. The average molecular weight is 509 g/mol. The molecule has 3 aromatic rings. The number of amides is 1. The normalized spacial score (nSPS) is 14.2. The number of hydrogen-bond acceptors (Lipinski definition) is 7. The summed E-state index contributed by atoms with van der Waals surface area (Å²) in [5, 5.41) is 2.67. The van der Waals surface area contributed by atoms with Crippen molar-refractivity contribution < 1.29 is 32.2 Å². The van der Waals surface area contributed by atoms with Crippen LogP contribution in [0.15, 0.2) is 71.6 Å². The zero-order valence-corrected chi connectivity index (χ0v) is 20.1. The van der Waals surface area contributed by atoms with Crippen LogP contribution in [0, 0.1) is 0 Å². The molecule has 0 saturated heterocycles. The third-order valence-electron chi connectivity index (χ3n) is 5.99. The Morgan fingerprint density at radius 1 is 0.972 bits per heavy atom. The molecule has 0 radical (unpaired) electrons. The summed E-state index contributed by atoms with van der Waals surface area (Å²) in [6.07, 6.45) is 1.52. The summed E-state index contributed by atoms with van der Waals surface area (Å²) in [6.45, 7) is 0.240. The number of esters is 1. The molecule has 3 aromatic carbocycles. The van der Waals surface area contributed by atoms with Crippen molar-refractivity contribution in [3.8, 4) is 11.5 Å². The van der Waals surface area contributed by atoms with Crippen molar-refractivity contribution >= 4 is 27.6 Å². The first-order valence-corrected chi connectivity index (χ1v) is 12.9. The number of carbonyl (C=O) groups is 2. The molecule has 0 fully saturated rings. The minimum Gasteiger partial charge on any atom is -0.454 e. The maximum atomic E-state index is 13.4. The summed E-state index contributed by atoms with van der Waals surface area (Å²) < 4.78 is 43.8. The molecule has 9 nitrogen and oxygen atoms in total. The van der Waals surface area contributed by atoms with E-state index < -0.39 is 28.5 Å². The molecule has 0 aliphatic carbocycles. The van der Waals surface area contributed by atoms with E-state index in [1.54, 1.807) is 30.3 Å². The van der Waals surface area contributed by atoms with Gasteiger partial charge >= 0.3 is 5.97 Å². The van der Waals surface area contributed by atoms with Gasteiger partial charge in [0.25, 0.3) is 15.9 Å². The molecule has 2 aliphatic rings. The molecule has 2 aliphatic heterocycles. The molecule has 0 aromatic heterocycles. The van der Waals surface area contributed by atoms with Crippen molar-refractivity contribution in [3.05, 3.63) is 83.4 Å². The molecule has 1 N–H and O–H groups in total. The van der Waals surface area contributed by atoms with E-state index in [4.69, 9.17) is 14.2 Å². The van der Waals surface area contributed by atoms with Gasteiger partial charge in [-0.2, -0.15) is 0 Å². The maximum absolute atomic E-state index is 13.4. The van der Waals surface area contributed by atoms with Gasteiger partial charge in [0.05, 0.1) is 16.1 Å². The summed E-state index contributed by atoms with van der Waals surface area (Å²) in [4.78, 5) is 24.7. The predicted molar refractivity (Wildman–Crippen MR) is 130 cm³/mol. The van der Waals surface area contributed by atoms with Gasteiger partial charge in [-0.25, -0.2) is 13.2 Å². The van der Waals surface area contributed by atoms with E-state index in [0.29, 0.717) is 30.2 Å². The van der Waals surface area contributed by atoms with Gasteiger partial charge in [-0.3, -0.25) is 9.10 Å². The molecule has 1 amide bonds. The minimum atomic E-state index is -3.88. The summed E-state index contributed by atoms with van der Waals surface area (Å²) in [5.74, 6) is -0.0251. The minimum absolute atomic E-state index is 0.0130. The lowest BCUT2D eigenvalue weighted by molar-refractivity contribution is -0.124. The van der Waals surface area contributed by atoms with E-state index in [1.165, 1.54) is 28.6 Å². The van der Waals surface area contributed by atoms with E-state index in [9.17, 15) is 18.0 Å². The fourth-order valence-electron chi connectivity index (χ4n) is 4.18. The Hall–Kier alpha value is -4.05. The number of benzene rings is 3. The van der Waals surface area contributed by atoms with Crippen molar-refractivity contribution in [2.24, 2.45) is 0 Å². The molecule has 0 unspecified atom stereocenters. The molecule has 36 heavy (non-hydrogen) atoms. The molecule has 10 heteroatoms. The lowest BCUT2D eigenvalue weighted by atomic mass is 10.0. The highest BCUT2D eigenvalue weighted by molar-refractivity contribution is 7.92. The van der Waals surface area contributed by atoms with Crippen molar-refractivity contribution in [1.82, 2.24) is 5.32 Å². The smallest absolute Gasteiger partial charge is 0.338 e. The second-order valence-corrected chi connectivity index (χ2v) is 10.2. The Kier molecular flexibility index (Phi) is 6.51. The Morgan fingerprint density at radius 2 is 1.81 bits per heavy atom. The molecule has 0 saturated carbocycles. The van der Waals surface area contributed by atoms with Gasteiger partial charge in [-0.15, -0.1) is 0 Å². The monoisotopic (exact) mass is 508 g/mol. The van der Waals surface area contributed by atoms with Crippen LogP contribution in [0.2, 0.25) is 0 Å². The van der Waals surface area contributed by atoms with Crippen LogP contribution >= 0.6 is 0 Å². The van der Waals surface area contributed by atoms with Crippen LogP contribution < -0.4 is 19.1 Å². The predicted octanol–water partition coefficient (Wildman–Crippen LogP) is 3.03. The fourth-order valence-corrected chi connectivity index (χ4v) is 5.76. The zero-order chi connectivity index (χ0) is 25.1. The summed E-state index contributed by atoms with van der Waals surface area (Å²) in [7, 11) is -3.88. The number of nitrogens with zero attached hydrogens (tertiary/aromatic N) is 1. The first kappa shape index (κ1) is 23.7. The van der Waals surface area contributed by atoms with Gasteiger partial charge < -0.3 is 19.5 Å². The highest BCUT2D eigenvalue weighted by Crippen LogP contribution is 2.33. The number of nitrogens with one attached hydrogen (secondary N) is 1. The standard InChI is InChI=1S/C26H24N2O7S/c29-25(27-15-18-10-11-23-24(13-18)35-17-34-23)16-33-26(30)20-6-3-8-21(14-20)36(31,32)28-12-4-7-19-5-1-2-9-22(19)28/h1-3,5-6,8-11,13-14H,4,7,12,15-17H2,(H,27,29). The van der Waals surface area contributed by atoms with Crippen molar-refractivity contribution in [1.29, 1.82) is 0 Å². The third-order valence-corrected chi connectivity index (χ3v) is 7.80. The number of para-hydroxylation sites is 1. The quantitative estimate of drug-likeness (QED) is 0.489. The molecule has 5 rings (SSSR count). The molecule has 2 heterocycles. The Balaban J connectivity index is 1.21. The van der Waals surface area contributed by atoms with Crippen molar-refractivity contribution in [2.75, 3.05) is 24.2 Å². The first-order valence-electron chi connectivity index (χ1n) is 11.4. The third kappa shape index (κ3) is 4.85. The topological polar surface area (TPSA) is 111 Å². The summed E-state index contributed by atoms with van der Waals surface area (Å²) in [6, 6.07) is 18.4. The van der Waals surface area contributed by atoms with Crippen molar-refractivity contribution in [2.45, 2.75) is 24.3 Å². The summed E-state index contributed by atoms with van der Waals surface area (Å²) in [5.41, 5.74) is 2.46. The Labute approximate surface area is 208 Å². The highest BCUT2D eigenvalue weighted by Gasteiger charge is 2.29. The number of fused-ring (bicyclic) bond motifs is 2. The van der Waals surface area contributed by atoms with E-state index >= 15 is 0 Å². The maximum Gasteiger partial charge on any atom is 0.338 e. The number of aryl methyl sites for hydroxylation is 1. The lowest BCUT2D eigenvalue weighted by Crippen LogP contribution is -2.35. The second-order valence-electron chi connectivity index (χ2n) is 8.38. The van der Waals surface area contributed by atoms with Crippen LogP contribution in [0.5, 0.6) is 11.5 Å². The fraction of sp³-hybridized carbons (Fsp3) is 0.231. The van der Waals surface area contributed by atoms with Gasteiger partial charge in [0.1, 0.15) is 0 Å². The van der Waals surface area contributed by atoms with Crippen molar-refractivity contribution in [3.63, 3.8) is 0 Å². The van der Waals surface area contributed by atoms with Crippen LogP contribution in [0.3, 0.4) is 0 Å². The van der Waals surface area contributed by atoms with Gasteiger partial charge in [0, 0.05) is 13.1 Å². The Morgan fingerprint density at radius 3 is 2.69 bits per heavy atom. The number of hydrogen-bond donors (Lipinski definition) is 1. The van der Waals surface area contributed by atoms with E-state index in [0.717, 1.165) is 17.5 Å². The molecular formula is C26H24N2O7S. The number of carbonyl (C=O) groups excluding carboxylic acids is 2. The van der Waals surface area contributed by atoms with Gasteiger partial charge in [0.15, 0.2) is 18.1 Å². The average Bonchev–Trinajstić information content (AvgIpc) is 3.38. The summed E-state index contributed by atoms with van der Waals surface area (Å²) >= 11 is 0. The van der Waals surface area contributed by atoms with Crippen LogP contribution in [-0.4, -0.2) is 40.2 Å². The second kappa shape index (κ2) is 9.90. The van der Waals surface area contributed by atoms with Crippen LogP contribution in [-0.2, 0) is 32.5 Å². The molecular weight excluding hydrogens is 484 g/mol. The lowest BCUT2D eigenvalue weighted by Gasteiger charge is -2.30. The SMILES string of the molecule is O=C(COC(=O)c1cccc(S(=O)(=O)N2CCCc3ccccc32)c1)NCc1ccc2c(c1)OCO2. The van der Waals surface area contributed by atoms with Crippen LogP contribution in [0.25, 0.3) is 0 Å². The highest BCUT2D eigenvalue weighted by atomic mass is 32.2. The first-order chi connectivity index (χ1) is 17.4. The molecule has 0 atom stereocenters. The number of rotatable bonds is 7. The van der Waals surface area contributed by atoms with Crippen LogP contribution in [0.1, 0.15) is 27.9 Å².